The molecule has 126 valence electrons. The van der Waals surface area contributed by atoms with Crippen LogP contribution in [0.4, 0.5) is 0 Å². The fourth-order valence-corrected chi connectivity index (χ4v) is 4.61. The first-order valence-corrected chi connectivity index (χ1v) is 9.20. The number of fused-ring (bicyclic) bond motifs is 3. The monoisotopic (exact) mass is 351 g/mol. The van der Waals surface area contributed by atoms with Gasteiger partial charge in [0.15, 0.2) is 5.65 Å². The SMILES string of the molecule is CCc1cc(SC2CC(C)OC2=O)n2c(nc3ccccc32)c1C#N. The number of carbonyl (C=O) groups is 1. The van der Waals surface area contributed by atoms with Crippen molar-refractivity contribution in [1.29, 1.82) is 5.26 Å². The van der Waals surface area contributed by atoms with Crippen LogP contribution in [0.15, 0.2) is 35.4 Å². The second kappa shape index (κ2) is 6.08. The Morgan fingerprint density at radius 1 is 1.44 bits per heavy atom. The standard InChI is InChI=1S/C19H17N3O2S/c1-3-12-9-17(25-16-8-11(2)24-19(16)23)22-15-7-5-4-6-14(15)21-18(22)13(12)10-20/h4-7,9,11,16H,3,8H2,1-2H3. The van der Waals surface area contributed by atoms with E-state index in [1.807, 2.05) is 48.6 Å². The van der Waals surface area contributed by atoms with Gasteiger partial charge in [-0.3, -0.25) is 9.20 Å². The zero-order valence-electron chi connectivity index (χ0n) is 14.0. The minimum atomic E-state index is -0.225. The molecular formula is C19H17N3O2S. The summed E-state index contributed by atoms with van der Waals surface area (Å²) >= 11 is 1.50. The van der Waals surface area contributed by atoms with Crippen LogP contribution in [-0.2, 0) is 16.0 Å². The molecule has 2 aromatic heterocycles. The molecule has 2 unspecified atom stereocenters. The predicted octanol–water partition coefficient (Wildman–Crippen LogP) is 3.72. The maximum absolute atomic E-state index is 12.1. The minimum absolute atomic E-state index is 0.0518. The van der Waals surface area contributed by atoms with Crippen molar-refractivity contribution in [3.8, 4) is 6.07 Å². The van der Waals surface area contributed by atoms with Crippen LogP contribution >= 0.6 is 11.8 Å². The summed E-state index contributed by atoms with van der Waals surface area (Å²) in [4.78, 5) is 16.8. The molecule has 0 saturated carbocycles. The van der Waals surface area contributed by atoms with E-state index in [2.05, 4.69) is 11.1 Å². The lowest BCUT2D eigenvalue weighted by Gasteiger charge is -2.12. The van der Waals surface area contributed by atoms with Crippen molar-refractivity contribution < 1.29 is 9.53 Å². The first-order valence-electron chi connectivity index (χ1n) is 8.32. The van der Waals surface area contributed by atoms with Gasteiger partial charge >= 0.3 is 5.97 Å². The number of esters is 1. The molecule has 1 aromatic carbocycles. The first kappa shape index (κ1) is 16.0. The van der Waals surface area contributed by atoms with Gasteiger partial charge < -0.3 is 4.74 Å². The van der Waals surface area contributed by atoms with E-state index in [-0.39, 0.29) is 17.3 Å². The number of aryl methyl sites for hydroxylation is 1. The summed E-state index contributed by atoms with van der Waals surface area (Å²) in [6.45, 7) is 3.94. The van der Waals surface area contributed by atoms with Crippen LogP contribution in [0.3, 0.4) is 0 Å². The maximum atomic E-state index is 12.1. The Kier molecular flexibility index (Phi) is 3.89. The molecule has 3 heterocycles. The summed E-state index contributed by atoms with van der Waals surface area (Å²) in [7, 11) is 0. The van der Waals surface area contributed by atoms with Gasteiger partial charge in [0.2, 0.25) is 0 Å². The number of cyclic esters (lactones) is 1. The van der Waals surface area contributed by atoms with Gasteiger partial charge in [-0.1, -0.05) is 30.8 Å². The van der Waals surface area contributed by atoms with Crippen LogP contribution in [0.2, 0.25) is 0 Å². The Bertz CT molecular complexity index is 1030. The lowest BCUT2D eigenvalue weighted by Crippen LogP contribution is -2.11. The van der Waals surface area contributed by atoms with Crippen molar-refractivity contribution in [2.24, 2.45) is 0 Å². The molecule has 0 radical (unpaired) electrons. The number of nitriles is 1. The normalized spacial score (nSPS) is 20.1. The lowest BCUT2D eigenvalue weighted by molar-refractivity contribution is -0.140. The number of aromatic nitrogens is 2. The number of benzene rings is 1. The zero-order chi connectivity index (χ0) is 17.6. The Morgan fingerprint density at radius 2 is 2.24 bits per heavy atom. The Balaban J connectivity index is 1.96. The average Bonchev–Trinajstić information content (AvgIpc) is 3.14. The predicted molar refractivity (Wildman–Crippen MR) is 96.6 cm³/mol. The van der Waals surface area contributed by atoms with Crippen molar-refractivity contribution in [3.63, 3.8) is 0 Å². The minimum Gasteiger partial charge on any atom is -0.462 e. The topological polar surface area (TPSA) is 67.4 Å². The highest BCUT2D eigenvalue weighted by atomic mass is 32.2. The second-order valence-corrected chi connectivity index (χ2v) is 7.42. The number of nitrogens with zero attached hydrogens (tertiary/aromatic N) is 3. The van der Waals surface area contributed by atoms with Gasteiger partial charge in [0.05, 0.1) is 21.6 Å². The summed E-state index contributed by atoms with van der Waals surface area (Å²) < 4.78 is 7.29. The van der Waals surface area contributed by atoms with Crippen molar-refractivity contribution in [1.82, 2.24) is 9.38 Å². The zero-order valence-corrected chi connectivity index (χ0v) is 14.8. The van der Waals surface area contributed by atoms with Crippen LogP contribution in [-0.4, -0.2) is 26.7 Å². The number of rotatable bonds is 3. The molecule has 1 fully saturated rings. The van der Waals surface area contributed by atoms with Gasteiger partial charge in [-0.15, -0.1) is 0 Å². The highest BCUT2D eigenvalue weighted by molar-refractivity contribution is 8.00. The lowest BCUT2D eigenvalue weighted by atomic mass is 10.1. The van der Waals surface area contributed by atoms with Gasteiger partial charge in [-0.25, -0.2) is 4.98 Å². The highest BCUT2D eigenvalue weighted by Gasteiger charge is 2.33. The smallest absolute Gasteiger partial charge is 0.319 e. The van der Waals surface area contributed by atoms with Crippen LogP contribution in [0.5, 0.6) is 0 Å². The number of imidazole rings is 1. The van der Waals surface area contributed by atoms with E-state index in [4.69, 9.17) is 4.74 Å². The molecule has 0 spiro atoms. The molecule has 0 N–H and O–H groups in total. The van der Waals surface area contributed by atoms with Crippen LogP contribution in [0.1, 0.15) is 31.4 Å². The van der Waals surface area contributed by atoms with Gasteiger partial charge in [0.1, 0.15) is 17.4 Å². The number of thioether (sulfide) groups is 1. The third-order valence-corrected chi connectivity index (χ3v) is 5.72. The van der Waals surface area contributed by atoms with Crippen molar-refractivity contribution in [3.05, 3.63) is 41.5 Å². The molecule has 0 amide bonds. The van der Waals surface area contributed by atoms with E-state index < -0.39 is 0 Å². The largest absolute Gasteiger partial charge is 0.462 e. The number of ether oxygens (including phenoxy) is 1. The molecule has 1 aliphatic rings. The summed E-state index contributed by atoms with van der Waals surface area (Å²) in [6, 6.07) is 12.1. The van der Waals surface area contributed by atoms with Gasteiger partial charge in [-0.05, 0) is 37.1 Å². The Hall–Kier alpha value is -2.52. The third kappa shape index (κ3) is 2.56. The molecule has 0 aliphatic carbocycles. The Morgan fingerprint density at radius 3 is 2.92 bits per heavy atom. The van der Waals surface area contributed by atoms with Crippen LogP contribution in [0, 0.1) is 11.3 Å². The third-order valence-electron chi connectivity index (χ3n) is 4.51. The van der Waals surface area contributed by atoms with Crippen LogP contribution < -0.4 is 0 Å². The molecule has 1 aliphatic heterocycles. The van der Waals surface area contributed by atoms with E-state index in [0.717, 1.165) is 28.0 Å². The van der Waals surface area contributed by atoms with E-state index in [1.165, 1.54) is 11.8 Å². The quantitative estimate of drug-likeness (QED) is 0.673. The molecule has 4 rings (SSSR count). The maximum Gasteiger partial charge on any atom is 0.319 e. The molecule has 0 bridgehead atoms. The molecule has 25 heavy (non-hydrogen) atoms. The van der Waals surface area contributed by atoms with Crippen molar-refractivity contribution >= 4 is 34.4 Å². The molecule has 3 aromatic rings. The van der Waals surface area contributed by atoms with E-state index in [1.54, 1.807) is 0 Å². The first-order chi connectivity index (χ1) is 12.1. The van der Waals surface area contributed by atoms with Gasteiger partial charge in [0.25, 0.3) is 0 Å². The van der Waals surface area contributed by atoms with Gasteiger partial charge in [-0.2, -0.15) is 5.26 Å². The summed E-state index contributed by atoms with van der Waals surface area (Å²) in [6.07, 6.45) is 1.38. The second-order valence-electron chi connectivity index (χ2n) is 6.20. The highest BCUT2D eigenvalue weighted by Crippen LogP contribution is 2.36. The molecule has 5 nitrogen and oxygen atoms in total. The Labute approximate surface area is 149 Å². The van der Waals surface area contributed by atoms with Crippen molar-refractivity contribution in [2.45, 2.75) is 43.1 Å². The number of hydrogen-bond donors (Lipinski definition) is 0. The molecule has 2 atom stereocenters. The summed E-state index contributed by atoms with van der Waals surface area (Å²) in [5.41, 5.74) is 4.00. The molecular weight excluding hydrogens is 334 g/mol. The van der Waals surface area contributed by atoms with Crippen molar-refractivity contribution in [2.75, 3.05) is 0 Å². The fourth-order valence-electron chi connectivity index (χ4n) is 3.30. The van der Waals surface area contributed by atoms with E-state index >= 15 is 0 Å². The van der Waals surface area contributed by atoms with E-state index in [0.29, 0.717) is 17.6 Å². The number of pyridine rings is 1. The van der Waals surface area contributed by atoms with E-state index in [9.17, 15) is 10.1 Å². The summed E-state index contributed by atoms with van der Waals surface area (Å²) in [5.74, 6) is -0.169. The van der Waals surface area contributed by atoms with Gasteiger partial charge in [0, 0.05) is 6.42 Å². The molecule has 6 heteroatoms. The van der Waals surface area contributed by atoms with Crippen LogP contribution in [0.25, 0.3) is 16.7 Å². The number of para-hydroxylation sites is 2. The summed E-state index contributed by atoms with van der Waals surface area (Å²) in [5, 5.41) is 10.3. The number of carbonyl (C=O) groups excluding carboxylic acids is 1. The number of hydrogen-bond acceptors (Lipinski definition) is 5. The average molecular weight is 351 g/mol. The fraction of sp³-hybridized carbons (Fsp3) is 0.316. The molecule has 1 saturated heterocycles.